The number of ether oxygens (including phenoxy) is 1. The number of primary amides is 1. The van der Waals surface area contributed by atoms with E-state index in [1.54, 1.807) is 4.90 Å². The van der Waals surface area contributed by atoms with E-state index >= 15 is 0 Å². The van der Waals surface area contributed by atoms with Gasteiger partial charge in [0.25, 0.3) is 0 Å². The maximum absolute atomic E-state index is 12.5. The van der Waals surface area contributed by atoms with Crippen LogP contribution < -0.4 is 11.1 Å². The highest BCUT2D eigenvalue weighted by molar-refractivity contribution is 5.86. The fourth-order valence-electron chi connectivity index (χ4n) is 2.41. The summed E-state index contributed by atoms with van der Waals surface area (Å²) in [7, 11) is 0. The van der Waals surface area contributed by atoms with Crippen molar-refractivity contribution in [2.45, 2.75) is 45.4 Å². The van der Waals surface area contributed by atoms with Gasteiger partial charge in [0.1, 0.15) is 6.04 Å². The quantitative estimate of drug-likeness (QED) is 0.644. The third-order valence-electron chi connectivity index (χ3n) is 3.16. The molecule has 0 bridgehead atoms. The second kappa shape index (κ2) is 7.44. The first kappa shape index (κ1) is 16.7. The number of carbonyl (C=O) groups is 2. The Hall–Kier alpha value is -1.34. The Balaban J connectivity index is 2.73. The maximum atomic E-state index is 12.5. The van der Waals surface area contributed by atoms with E-state index in [9.17, 15) is 14.7 Å². The summed E-state index contributed by atoms with van der Waals surface area (Å²) in [6.45, 7) is 6.44. The number of amides is 3. The van der Waals surface area contributed by atoms with Gasteiger partial charge in [-0.15, -0.1) is 0 Å². The van der Waals surface area contributed by atoms with Gasteiger partial charge in [0.15, 0.2) is 0 Å². The van der Waals surface area contributed by atoms with Crippen molar-refractivity contribution in [2.24, 2.45) is 11.7 Å². The summed E-state index contributed by atoms with van der Waals surface area (Å²) in [4.78, 5) is 25.2. The molecule has 7 nitrogen and oxygen atoms in total. The number of nitrogens with two attached hydrogens (primary N) is 1. The molecule has 3 amide bonds. The monoisotopic (exact) mass is 287 g/mol. The van der Waals surface area contributed by atoms with Crippen molar-refractivity contribution in [3.8, 4) is 0 Å². The number of hydrogen-bond acceptors (Lipinski definition) is 4. The van der Waals surface area contributed by atoms with Crippen molar-refractivity contribution < 1.29 is 19.4 Å². The van der Waals surface area contributed by atoms with Crippen LogP contribution >= 0.6 is 0 Å². The van der Waals surface area contributed by atoms with Crippen LogP contribution in [0, 0.1) is 5.92 Å². The zero-order valence-corrected chi connectivity index (χ0v) is 12.3. The largest absolute Gasteiger partial charge is 0.394 e. The first-order valence-corrected chi connectivity index (χ1v) is 6.94. The molecule has 20 heavy (non-hydrogen) atoms. The summed E-state index contributed by atoms with van der Waals surface area (Å²) in [6, 6.07) is -1.33. The Kier molecular flexibility index (Phi) is 6.22. The van der Waals surface area contributed by atoms with E-state index in [2.05, 4.69) is 5.32 Å². The molecule has 1 fully saturated rings. The molecule has 3 unspecified atom stereocenters. The first-order valence-electron chi connectivity index (χ1n) is 6.94. The fourth-order valence-corrected chi connectivity index (χ4v) is 2.41. The van der Waals surface area contributed by atoms with Crippen molar-refractivity contribution in [1.82, 2.24) is 10.2 Å². The summed E-state index contributed by atoms with van der Waals surface area (Å²) in [5, 5.41) is 11.7. The highest BCUT2D eigenvalue weighted by Gasteiger charge is 2.32. The van der Waals surface area contributed by atoms with E-state index in [0.29, 0.717) is 19.5 Å². The summed E-state index contributed by atoms with van der Waals surface area (Å²) in [5.41, 5.74) is 5.13. The minimum absolute atomic E-state index is 0.133. The van der Waals surface area contributed by atoms with Crippen LogP contribution in [-0.2, 0) is 9.53 Å². The number of nitrogens with zero attached hydrogens (tertiary/aromatic N) is 1. The summed E-state index contributed by atoms with van der Waals surface area (Å²) < 4.78 is 5.50. The Morgan fingerprint density at radius 1 is 1.45 bits per heavy atom. The van der Waals surface area contributed by atoms with Gasteiger partial charge in [0.05, 0.1) is 18.8 Å². The summed E-state index contributed by atoms with van der Waals surface area (Å²) >= 11 is 0. The normalized spacial score (nSPS) is 24.6. The Bertz CT molecular complexity index is 349. The number of aliphatic hydroxyl groups is 1. The van der Waals surface area contributed by atoms with Gasteiger partial charge in [-0.1, -0.05) is 13.8 Å². The topological polar surface area (TPSA) is 105 Å². The number of nitrogens with one attached hydrogen (secondary N) is 1. The number of urea groups is 1. The van der Waals surface area contributed by atoms with Crippen molar-refractivity contribution in [3.05, 3.63) is 0 Å². The van der Waals surface area contributed by atoms with Crippen LogP contribution in [0.4, 0.5) is 4.79 Å². The van der Waals surface area contributed by atoms with E-state index in [1.807, 2.05) is 20.8 Å². The predicted octanol–water partition coefficient (Wildman–Crippen LogP) is -0.322. The number of morpholine rings is 1. The molecule has 0 spiro atoms. The lowest BCUT2D eigenvalue weighted by molar-refractivity contribution is -0.149. The fraction of sp³-hybridized carbons (Fsp3) is 0.846. The molecule has 0 saturated carbocycles. The molecule has 0 aromatic carbocycles. The SMILES string of the molecule is CC(C)CC(NC(N)=O)C(=O)N1CC(C)OC(CO)C1. The van der Waals surface area contributed by atoms with Gasteiger partial charge in [0.2, 0.25) is 5.91 Å². The van der Waals surface area contributed by atoms with Gasteiger partial charge in [-0.2, -0.15) is 0 Å². The van der Waals surface area contributed by atoms with Crippen LogP contribution in [0.3, 0.4) is 0 Å². The van der Waals surface area contributed by atoms with Crippen molar-refractivity contribution >= 4 is 11.9 Å². The van der Waals surface area contributed by atoms with Crippen LogP contribution in [0.5, 0.6) is 0 Å². The average molecular weight is 287 g/mol. The second-order valence-electron chi connectivity index (χ2n) is 5.69. The van der Waals surface area contributed by atoms with Gasteiger partial charge in [-0.25, -0.2) is 4.79 Å². The zero-order chi connectivity index (χ0) is 15.3. The van der Waals surface area contributed by atoms with Crippen molar-refractivity contribution in [2.75, 3.05) is 19.7 Å². The van der Waals surface area contributed by atoms with Gasteiger partial charge in [-0.05, 0) is 19.3 Å². The highest BCUT2D eigenvalue weighted by Crippen LogP contribution is 2.14. The zero-order valence-electron chi connectivity index (χ0n) is 12.3. The molecule has 0 aromatic heterocycles. The van der Waals surface area contributed by atoms with Gasteiger partial charge >= 0.3 is 6.03 Å². The third kappa shape index (κ3) is 4.97. The number of hydrogen-bond donors (Lipinski definition) is 3. The number of aliphatic hydroxyl groups excluding tert-OH is 1. The molecule has 1 heterocycles. The first-order chi connectivity index (χ1) is 9.33. The van der Waals surface area contributed by atoms with Crippen molar-refractivity contribution in [1.29, 1.82) is 0 Å². The minimum Gasteiger partial charge on any atom is -0.394 e. The van der Waals surface area contributed by atoms with E-state index in [-0.39, 0.29) is 30.6 Å². The van der Waals surface area contributed by atoms with E-state index in [4.69, 9.17) is 10.5 Å². The van der Waals surface area contributed by atoms with Gasteiger partial charge < -0.3 is 25.8 Å². The van der Waals surface area contributed by atoms with Crippen LogP contribution in [-0.4, -0.2) is 59.9 Å². The molecule has 0 aliphatic carbocycles. The highest BCUT2D eigenvalue weighted by atomic mass is 16.5. The molecule has 1 aliphatic rings. The summed E-state index contributed by atoms with van der Waals surface area (Å²) in [5.74, 6) is 0.0778. The molecule has 1 saturated heterocycles. The van der Waals surface area contributed by atoms with Crippen LogP contribution in [0.15, 0.2) is 0 Å². The number of carbonyl (C=O) groups excluding carboxylic acids is 2. The lowest BCUT2D eigenvalue weighted by Crippen LogP contribution is -2.57. The minimum atomic E-state index is -0.705. The van der Waals surface area contributed by atoms with Gasteiger partial charge in [-0.3, -0.25) is 4.79 Å². The molecule has 1 aliphatic heterocycles. The maximum Gasteiger partial charge on any atom is 0.312 e. The molecule has 7 heteroatoms. The second-order valence-corrected chi connectivity index (χ2v) is 5.69. The van der Waals surface area contributed by atoms with E-state index in [1.165, 1.54) is 0 Å². The number of rotatable bonds is 5. The summed E-state index contributed by atoms with van der Waals surface area (Å²) in [6.07, 6.45) is 0.00576. The molecule has 116 valence electrons. The standard InChI is InChI=1S/C13H25N3O4/c1-8(2)4-11(15-13(14)19)12(18)16-5-9(3)20-10(6-16)7-17/h8-11,17H,4-7H2,1-3H3,(H3,14,15,19). The molecule has 0 aromatic rings. The Labute approximate surface area is 119 Å². The molecule has 3 atom stereocenters. The molecule has 4 N–H and O–H groups in total. The van der Waals surface area contributed by atoms with Crippen LogP contribution in [0.1, 0.15) is 27.2 Å². The Morgan fingerprint density at radius 3 is 2.60 bits per heavy atom. The smallest absolute Gasteiger partial charge is 0.312 e. The molecule has 0 radical (unpaired) electrons. The van der Waals surface area contributed by atoms with Crippen LogP contribution in [0.25, 0.3) is 0 Å². The van der Waals surface area contributed by atoms with E-state index < -0.39 is 12.1 Å². The molecular formula is C13H25N3O4. The Morgan fingerprint density at radius 2 is 2.10 bits per heavy atom. The third-order valence-corrected chi connectivity index (χ3v) is 3.16. The predicted molar refractivity (Wildman–Crippen MR) is 74.0 cm³/mol. The average Bonchev–Trinajstić information content (AvgIpc) is 2.35. The lowest BCUT2D eigenvalue weighted by Gasteiger charge is -2.38. The molecule has 1 rings (SSSR count). The lowest BCUT2D eigenvalue weighted by atomic mass is 10.0. The van der Waals surface area contributed by atoms with Crippen molar-refractivity contribution in [3.63, 3.8) is 0 Å². The van der Waals surface area contributed by atoms with Crippen LogP contribution in [0.2, 0.25) is 0 Å². The van der Waals surface area contributed by atoms with Gasteiger partial charge in [0, 0.05) is 13.1 Å². The molecular weight excluding hydrogens is 262 g/mol. The van der Waals surface area contributed by atoms with E-state index in [0.717, 1.165) is 0 Å².